The van der Waals surface area contributed by atoms with Crippen LogP contribution in [-0.2, 0) is 12.9 Å². The molecule has 1 rings (SSSR count). The fraction of sp³-hybridized carbons (Fsp3) is 0.750. The van der Waals surface area contributed by atoms with Gasteiger partial charge in [-0.3, -0.25) is 4.68 Å². The minimum absolute atomic E-state index is 0.539. The van der Waals surface area contributed by atoms with Gasteiger partial charge in [-0.1, -0.05) is 13.3 Å². The summed E-state index contributed by atoms with van der Waals surface area (Å²) in [6.45, 7) is 8.49. The lowest BCUT2D eigenvalue weighted by molar-refractivity contribution is 0.676. The van der Waals surface area contributed by atoms with E-state index in [1.807, 2.05) is 18.7 Å². The minimum Gasteiger partial charge on any atom is -0.357 e. The first kappa shape index (κ1) is 13.4. The first-order valence-electron chi connectivity index (χ1n) is 5.99. The van der Waals surface area contributed by atoms with Gasteiger partial charge in [0.2, 0.25) is 0 Å². The van der Waals surface area contributed by atoms with E-state index in [1.165, 1.54) is 24.2 Å². The normalized spacial score (nSPS) is 10.8. The predicted molar refractivity (Wildman–Crippen MR) is 70.3 cm³/mol. The zero-order valence-corrected chi connectivity index (χ0v) is 11.5. The molecular formula is C12H22ClN3. The SMILES string of the molecule is CCCCN(CC)c1c(CCl)c(C)nn1C. The molecule has 0 amide bonds. The van der Waals surface area contributed by atoms with Crippen molar-refractivity contribution in [2.24, 2.45) is 7.05 Å². The van der Waals surface area contributed by atoms with E-state index in [-0.39, 0.29) is 0 Å². The third-order valence-electron chi connectivity index (χ3n) is 2.91. The molecule has 1 heterocycles. The Morgan fingerprint density at radius 3 is 2.56 bits per heavy atom. The molecule has 0 saturated carbocycles. The molecule has 0 radical (unpaired) electrons. The fourth-order valence-electron chi connectivity index (χ4n) is 2.00. The number of aromatic nitrogens is 2. The number of aryl methyl sites for hydroxylation is 2. The molecule has 0 fully saturated rings. The summed E-state index contributed by atoms with van der Waals surface area (Å²) >= 11 is 6.01. The molecule has 0 N–H and O–H groups in total. The Hall–Kier alpha value is -0.700. The average Bonchev–Trinajstić information content (AvgIpc) is 2.55. The molecule has 0 aliphatic heterocycles. The van der Waals surface area contributed by atoms with Crippen LogP contribution in [0, 0.1) is 6.92 Å². The Morgan fingerprint density at radius 1 is 1.38 bits per heavy atom. The van der Waals surface area contributed by atoms with Gasteiger partial charge in [0.15, 0.2) is 0 Å². The highest BCUT2D eigenvalue weighted by Gasteiger charge is 2.16. The number of nitrogens with zero attached hydrogens (tertiary/aromatic N) is 3. The monoisotopic (exact) mass is 243 g/mol. The third-order valence-corrected chi connectivity index (χ3v) is 3.18. The van der Waals surface area contributed by atoms with Gasteiger partial charge in [-0.25, -0.2) is 0 Å². The van der Waals surface area contributed by atoms with E-state index in [4.69, 9.17) is 11.6 Å². The van der Waals surface area contributed by atoms with Gasteiger partial charge in [0.1, 0.15) is 5.82 Å². The molecule has 1 aromatic heterocycles. The molecule has 0 aromatic carbocycles. The number of hydrogen-bond donors (Lipinski definition) is 0. The first-order chi connectivity index (χ1) is 7.65. The lowest BCUT2D eigenvalue weighted by Gasteiger charge is -2.24. The van der Waals surface area contributed by atoms with Crippen molar-refractivity contribution in [2.45, 2.75) is 39.5 Å². The average molecular weight is 244 g/mol. The molecule has 0 saturated heterocycles. The highest BCUT2D eigenvalue weighted by atomic mass is 35.5. The van der Waals surface area contributed by atoms with Crippen molar-refractivity contribution in [3.8, 4) is 0 Å². The summed E-state index contributed by atoms with van der Waals surface area (Å²) in [5.74, 6) is 1.72. The second kappa shape index (κ2) is 6.14. The lowest BCUT2D eigenvalue weighted by Crippen LogP contribution is -2.27. The highest BCUT2D eigenvalue weighted by Crippen LogP contribution is 2.25. The molecule has 0 spiro atoms. The predicted octanol–water partition coefficient (Wildman–Crippen LogP) is 3.09. The molecule has 3 nitrogen and oxygen atoms in total. The Morgan fingerprint density at radius 2 is 2.06 bits per heavy atom. The van der Waals surface area contributed by atoms with Crippen LogP contribution >= 0.6 is 11.6 Å². The Labute approximate surface area is 103 Å². The van der Waals surface area contributed by atoms with Crippen molar-refractivity contribution in [1.29, 1.82) is 0 Å². The van der Waals surface area contributed by atoms with Crippen LogP contribution in [0.25, 0.3) is 0 Å². The fourth-order valence-corrected chi connectivity index (χ4v) is 2.32. The quantitative estimate of drug-likeness (QED) is 0.716. The lowest BCUT2D eigenvalue weighted by atomic mass is 10.2. The maximum atomic E-state index is 6.01. The van der Waals surface area contributed by atoms with E-state index >= 15 is 0 Å². The van der Waals surface area contributed by atoms with Crippen LogP contribution in [0.1, 0.15) is 37.9 Å². The van der Waals surface area contributed by atoms with E-state index < -0.39 is 0 Å². The Kier molecular flexibility index (Phi) is 5.13. The van der Waals surface area contributed by atoms with Crippen molar-refractivity contribution in [3.63, 3.8) is 0 Å². The van der Waals surface area contributed by atoms with Crippen molar-refractivity contribution in [3.05, 3.63) is 11.3 Å². The molecule has 0 aliphatic rings. The molecular weight excluding hydrogens is 222 g/mol. The summed E-state index contributed by atoms with van der Waals surface area (Å²) in [6, 6.07) is 0. The summed E-state index contributed by atoms with van der Waals surface area (Å²) in [4.78, 5) is 2.36. The number of anilines is 1. The van der Waals surface area contributed by atoms with E-state index in [0.29, 0.717) is 5.88 Å². The molecule has 0 unspecified atom stereocenters. The molecule has 92 valence electrons. The largest absolute Gasteiger partial charge is 0.357 e. The van der Waals surface area contributed by atoms with Crippen molar-refractivity contribution in [1.82, 2.24) is 9.78 Å². The topological polar surface area (TPSA) is 21.1 Å². The maximum absolute atomic E-state index is 6.01. The standard InChI is InChI=1S/C12H22ClN3/c1-5-7-8-16(6-2)12-11(9-13)10(3)14-15(12)4/h5-9H2,1-4H3. The van der Waals surface area contributed by atoms with Crippen LogP contribution in [-0.4, -0.2) is 22.9 Å². The molecule has 16 heavy (non-hydrogen) atoms. The molecule has 0 atom stereocenters. The number of hydrogen-bond acceptors (Lipinski definition) is 2. The van der Waals surface area contributed by atoms with Crippen molar-refractivity contribution < 1.29 is 0 Å². The first-order valence-corrected chi connectivity index (χ1v) is 6.52. The van der Waals surface area contributed by atoms with E-state index in [0.717, 1.165) is 18.8 Å². The van der Waals surface area contributed by atoms with E-state index in [2.05, 4.69) is 23.8 Å². The van der Waals surface area contributed by atoms with Gasteiger partial charge in [0.25, 0.3) is 0 Å². The van der Waals surface area contributed by atoms with Crippen LogP contribution in [0.4, 0.5) is 5.82 Å². The second-order valence-electron chi connectivity index (χ2n) is 4.08. The van der Waals surface area contributed by atoms with Crippen LogP contribution in [0.5, 0.6) is 0 Å². The molecule has 1 aromatic rings. The second-order valence-corrected chi connectivity index (χ2v) is 4.35. The number of alkyl halides is 1. The summed E-state index contributed by atoms with van der Waals surface area (Å²) in [5, 5.41) is 4.45. The van der Waals surface area contributed by atoms with Crippen molar-refractivity contribution in [2.75, 3.05) is 18.0 Å². The van der Waals surface area contributed by atoms with Gasteiger partial charge >= 0.3 is 0 Å². The van der Waals surface area contributed by atoms with E-state index in [9.17, 15) is 0 Å². The van der Waals surface area contributed by atoms with Crippen LogP contribution < -0.4 is 4.90 Å². The summed E-state index contributed by atoms with van der Waals surface area (Å²) in [7, 11) is 1.99. The van der Waals surface area contributed by atoms with Gasteiger partial charge in [-0.15, -0.1) is 11.6 Å². The molecule has 0 aliphatic carbocycles. The van der Waals surface area contributed by atoms with Crippen LogP contribution in [0.3, 0.4) is 0 Å². The summed E-state index contributed by atoms with van der Waals surface area (Å²) in [6.07, 6.45) is 2.42. The summed E-state index contributed by atoms with van der Waals surface area (Å²) < 4.78 is 1.95. The van der Waals surface area contributed by atoms with Gasteiger partial charge < -0.3 is 4.90 Å². The van der Waals surface area contributed by atoms with Crippen LogP contribution in [0.2, 0.25) is 0 Å². The third kappa shape index (κ3) is 2.70. The van der Waals surface area contributed by atoms with Gasteiger partial charge in [0.05, 0.1) is 11.6 Å². The number of rotatable bonds is 6. The smallest absolute Gasteiger partial charge is 0.131 e. The maximum Gasteiger partial charge on any atom is 0.131 e. The van der Waals surface area contributed by atoms with E-state index in [1.54, 1.807) is 0 Å². The zero-order chi connectivity index (χ0) is 12.1. The zero-order valence-electron chi connectivity index (χ0n) is 10.8. The van der Waals surface area contributed by atoms with Gasteiger partial charge in [0, 0.05) is 25.7 Å². The Balaban J connectivity index is 2.98. The molecule has 4 heteroatoms. The van der Waals surface area contributed by atoms with Gasteiger partial charge in [-0.2, -0.15) is 5.10 Å². The highest BCUT2D eigenvalue weighted by molar-refractivity contribution is 6.17. The van der Waals surface area contributed by atoms with Gasteiger partial charge in [-0.05, 0) is 20.3 Å². The minimum atomic E-state index is 0.539. The summed E-state index contributed by atoms with van der Waals surface area (Å²) in [5.41, 5.74) is 2.21. The number of unbranched alkanes of at least 4 members (excludes halogenated alkanes) is 1. The van der Waals surface area contributed by atoms with Crippen LogP contribution in [0.15, 0.2) is 0 Å². The van der Waals surface area contributed by atoms with Crippen molar-refractivity contribution >= 4 is 17.4 Å². The number of halogens is 1. The molecule has 0 bridgehead atoms. The Bertz CT molecular complexity index is 333.